The van der Waals surface area contributed by atoms with Crippen molar-refractivity contribution in [2.24, 2.45) is 0 Å². The Morgan fingerprint density at radius 1 is 1.38 bits per heavy atom. The van der Waals surface area contributed by atoms with Gasteiger partial charge in [-0.15, -0.1) is 0 Å². The Bertz CT molecular complexity index is 584. The lowest BCUT2D eigenvalue weighted by Crippen LogP contribution is -2.15. The fraction of sp³-hybridized carbons (Fsp3) is 0.400. The van der Waals surface area contributed by atoms with Crippen LogP contribution in [-0.2, 0) is 13.0 Å². The highest BCUT2D eigenvalue weighted by molar-refractivity contribution is 5.55. The van der Waals surface area contributed by atoms with Gasteiger partial charge < -0.3 is 24.5 Å². The summed E-state index contributed by atoms with van der Waals surface area (Å²) in [6.07, 6.45) is 5.61. The average molecular weight is 289 g/mol. The highest BCUT2D eigenvalue weighted by atomic mass is 16.7. The number of hydrogen-bond donors (Lipinski definition) is 2. The quantitative estimate of drug-likeness (QED) is 0.762. The molecule has 0 saturated heterocycles. The number of benzene rings is 1. The molecular weight excluding hydrogens is 270 g/mol. The molecule has 0 amide bonds. The minimum absolute atomic E-state index is 0.256. The third kappa shape index (κ3) is 3.28. The van der Waals surface area contributed by atoms with Crippen molar-refractivity contribution >= 4 is 0 Å². The number of imidazole rings is 1. The minimum Gasteiger partial charge on any atom is -0.493 e. The number of hydrogen-bond acceptors (Lipinski definition) is 5. The van der Waals surface area contributed by atoms with Gasteiger partial charge in [-0.1, -0.05) is 0 Å². The number of nitrogens with zero attached hydrogens (tertiary/aromatic N) is 1. The molecule has 0 unspecified atom stereocenters. The van der Waals surface area contributed by atoms with E-state index in [1.807, 2.05) is 18.3 Å². The molecule has 0 saturated carbocycles. The molecule has 6 nitrogen and oxygen atoms in total. The average Bonchev–Trinajstić information content (AvgIpc) is 3.16. The van der Waals surface area contributed by atoms with E-state index < -0.39 is 0 Å². The third-order valence-electron chi connectivity index (χ3n) is 3.37. The smallest absolute Gasteiger partial charge is 0.231 e. The van der Waals surface area contributed by atoms with Crippen LogP contribution in [0.5, 0.6) is 17.2 Å². The van der Waals surface area contributed by atoms with E-state index >= 15 is 0 Å². The molecule has 2 heterocycles. The van der Waals surface area contributed by atoms with Crippen molar-refractivity contribution in [1.29, 1.82) is 0 Å². The standard InChI is InChI=1S/C15H19N3O3/c1-19-12-7-11(8-13-15(12)21-10-20-13)9-16-4-2-3-14-17-5-6-18-14/h5-8,16H,2-4,9-10H2,1H3,(H,17,18). The summed E-state index contributed by atoms with van der Waals surface area (Å²) in [5, 5.41) is 3.41. The van der Waals surface area contributed by atoms with Gasteiger partial charge in [0.1, 0.15) is 5.82 Å². The predicted molar refractivity (Wildman–Crippen MR) is 77.7 cm³/mol. The van der Waals surface area contributed by atoms with E-state index in [2.05, 4.69) is 15.3 Å². The van der Waals surface area contributed by atoms with E-state index in [4.69, 9.17) is 14.2 Å². The number of fused-ring (bicyclic) bond motifs is 1. The Hall–Kier alpha value is -2.21. The third-order valence-corrected chi connectivity index (χ3v) is 3.37. The van der Waals surface area contributed by atoms with Gasteiger partial charge in [0.2, 0.25) is 12.5 Å². The molecule has 1 aromatic heterocycles. The Morgan fingerprint density at radius 2 is 2.33 bits per heavy atom. The second-order valence-electron chi connectivity index (χ2n) is 4.85. The number of rotatable bonds is 7. The van der Waals surface area contributed by atoms with Gasteiger partial charge >= 0.3 is 0 Å². The van der Waals surface area contributed by atoms with Crippen LogP contribution in [0.4, 0.5) is 0 Å². The maximum atomic E-state index is 5.42. The number of aryl methyl sites for hydroxylation is 1. The second-order valence-corrected chi connectivity index (χ2v) is 4.85. The zero-order valence-electron chi connectivity index (χ0n) is 12.0. The molecule has 0 bridgehead atoms. The maximum Gasteiger partial charge on any atom is 0.231 e. The topological polar surface area (TPSA) is 68.4 Å². The summed E-state index contributed by atoms with van der Waals surface area (Å²) >= 11 is 0. The van der Waals surface area contributed by atoms with E-state index in [9.17, 15) is 0 Å². The van der Waals surface area contributed by atoms with Crippen molar-refractivity contribution in [2.75, 3.05) is 20.4 Å². The molecule has 2 aromatic rings. The lowest BCUT2D eigenvalue weighted by molar-refractivity contribution is 0.171. The van der Waals surface area contributed by atoms with Crippen LogP contribution in [0.2, 0.25) is 0 Å². The number of ether oxygens (including phenoxy) is 3. The lowest BCUT2D eigenvalue weighted by Gasteiger charge is -2.09. The van der Waals surface area contributed by atoms with E-state index in [-0.39, 0.29) is 6.79 Å². The van der Waals surface area contributed by atoms with Crippen LogP contribution in [0.3, 0.4) is 0 Å². The molecule has 0 radical (unpaired) electrons. The Morgan fingerprint density at radius 3 is 3.14 bits per heavy atom. The maximum absolute atomic E-state index is 5.42. The zero-order chi connectivity index (χ0) is 14.5. The normalized spacial score (nSPS) is 12.6. The second kappa shape index (κ2) is 6.49. The van der Waals surface area contributed by atoms with Gasteiger partial charge in [-0.05, 0) is 30.7 Å². The van der Waals surface area contributed by atoms with Gasteiger partial charge in [0, 0.05) is 25.4 Å². The first-order valence-electron chi connectivity index (χ1n) is 7.02. The summed E-state index contributed by atoms with van der Waals surface area (Å²) in [5.74, 6) is 3.19. The number of H-pyrrole nitrogens is 1. The number of aromatic amines is 1. The fourth-order valence-corrected chi connectivity index (χ4v) is 2.33. The molecule has 0 fully saturated rings. The number of methoxy groups -OCH3 is 1. The van der Waals surface area contributed by atoms with Crippen LogP contribution in [0, 0.1) is 0 Å². The Balaban J connectivity index is 1.49. The lowest BCUT2D eigenvalue weighted by atomic mass is 10.1. The van der Waals surface area contributed by atoms with Gasteiger partial charge in [0.25, 0.3) is 0 Å². The molecule has 6 heteroatoms. The molecule has 1 aromatic carbocycles. The van der Waals surface area contributed by atoms with Crippen molar-refractivity contribution in [1.82, 2.24) is 15.3 Å². The summed E-state index contributed by atoms with van der Waals surface area (Å²) in [6, 6.07) is 3.97. The van der Waals surface area contributed by atoms with Crippen LogP contribution in [-0.4, -0.2) is 30.4 Å². The molecule has 1 aliphatic heterocycles. The van der Waals surface area contributed by atoms with Crippen LogP contribution in [0.15, 0.2) is 24.5 Å². The van der Waals surface area contributed by atoms with Crippen molar-refractivity contribution in [2.45, 2.75) is 19.4 Å². The molecule has 112 valence electrons. The molecule has 0 aliphatic carbocycles. The van der Waals surface area contributed by atoms with Crippen LogP contribution >= 0.6 is 0 Å². The van der Waals surface area contributed by atoms with Crippen molar-refractivity contribution in [3.05, 3.63) is 35.9 Å². The largest absolute Gasteiger partial charge is 0.493 e. The summed E-state index contributed by atoms with van der Waals surface area (Å²) in [5.41, 5.74) is 1.12. The highest BCUT2D eigenvalue weighted by Crippen LogP contribution is 2.41. The summed E-state index contributed by atoms with van der Waals surface area (Å²) in [7, 11) is 1.64. The SMILES string of the molecule is COc1cc(CNCCCc2ncc[nH]2)cc2c1OCO2. The number of nitrogens with one attached hydrogen (secondary N) is 2. The Kier molecular flexibility index (Phi) is 4.25. The first kappa shape index (κ1) is 13.8. The van der Waals surface area contributed by atoms with E-state index in [1.54, 1.807) is 13.3 Å². The molecule has 3 rings (SSSR count). The first-order valence-corrected chi connectivity index (χ1v) is 7.02. The highest BCUT2D eigenvalue weighted by Gasteiger charge is 2.19. The molecule has 0 atom stereocenters. The molecule has 1 aliphatic rings. The predicted octanol–water partition coefficient (Wildman–Crippen LogP) is 1.87. The zero-order valence-corrected chi connectivity index (χ0v) is 12.0. The minimum atomic E-state index is 0.256. The molecule has 0 spiro atoms. The van der Waals surface area contributed by atoms with E-state index in [0.717, 1.165) is 48.8 Å². The van der Waals surface area contributed by atoms with E-state index in [0.29, 0.717) is 5.75 Å². The van der Waals surface area contributed by atoms with Gasteiger partial charge in [0.05, 0.1) is 7.11 Å². The van der Waals surface area contributed by atoms with Gasteiger partial charge in [-0.25, -0.2) is 4.98 Å². The Labute approximate surface area is 123 Å². The van der Waals surface area contributed by atoms with Gasteiger partial charge in [0.15, 0.2) is 11.5 Å². The molecule has 21 heavy (non-hydrogen) atoms. The van der Waals surface area contributed by atoms with Gasteiger partial charge in [-0.3, -0.25) is 0 Å². The van der Waals surface area contributed by atoms with Gasteiger partial charge in [-0.2, -0.15) is 0 Å². The van der Waals surface area contributed by atoms with Crippen molar-refractivity contribution in [3.63, 3.8) is 0 Å². The summed E-state index contributed by atoms with van der Waals surface area (Å²) in [6.45, 7) is 1.95. The molecule has 2 N–H and O–H groups in total. The fourth-order valence-electron chi connectivity index (χ4n) is 2.33. The van der Waals surface area contributed by atoms with Crippen LogP contribution < -0.4 is 19.5 Å². The van der Waals surface area contributed by atoms with Crippen molar-refractivity contribution in [3.8, 4) is 17.2 Å². The number of aromatic nitrogens is 2. The summed E-state index contributed by atoms with van der Waals surface area (Å²) < 4.78 is 16.1. The monoisotopic (exact) mass is 289 g/mol. The molecular formula is C15H19N3O3. The van der Waals surface area contributed by atoms with Crippen molar-refractivity contribution < 1.29 is 14.2 Å². The first-order chi connectivity index (χ1) is 10.4. The van der Waals surface area contributed by atoms with Crippen LogP contribution in [0.25, 0.3) is 0 Å². The van der Waals surface area contributed by atoms with Crippen LogP contribution in [0.1, 0.15) is 17.8 Å². The summed E-state index contributed by atoms with van der Waals surface area (Å²) in [4.78, 5) is 7.31. The van der Waals surface area contributed by atoms with E-state index in [1.165, 1.54) is 0 Å².